The zero-order chi connectivity index (χ0) is 26.0. The molecule has 0 amide bonds. The fourth-order valence-electron chi connectivity index (χ4n) is 3.81. The van der Waals surface area contributed by atoms with Gasteiger partial charge in [0.1, 0.15) is 23.6 Å². The smallest absolute Gasteiger partial charge is 0.229 e. The predicted molar refractivity (Wildman–Crippen MR) is 147 cm³/mol. The third-order valence-electron chi connectivity index (χ3n) is 5.53. The second-order valence-electron chi connectivity index (χ2n) is 8.41. The number of pyridine rings is 1. The summed E-state index contributed by atoms with van der Waals surface area (Å²) in [5.74, 6) is 2.13. The van der Waals surface area contributed by atoms with E-state index in [1.165, 1.54) is 6.33 Å². The number of aryl methyl sites for hydroxylation is 1. The molecule has 0 unspecified atom stereocenters. The first-order chi connectivity index (χ1) is 17.7. The molecular formula is C27H22ClN5O3S. The average Bonchev–Trinajstić information content (AvgIpc) is 2.87. The molecule has 2 aromatic heterocycles. The third-order valence-corrected chi connectivity index (χ3v) is 6.42. The van der Waals surface area contributed by atoms with E-state index in [-0.39, 0.29) is 10.8 Å². The second-order valence-corrected chi connectivity index (χ2v) is 10.5. The highest BCUT2D eigenvalue weighted by Crippen LogP contribution is 2.33. The molecule has 10 heteroatoms. The van der Waals surface area contributed by atoms with Crippen LogP contribution in [0.4, 0.5) is 17.2 Å². The Morgan fingerprint density at radius 2 is 1.65 bits per heavy atom. The predicted octanol–water partition coefficient (Wildman–Crippen LogP) is 6.56. The molecule has 0 atom stereocenters. The third kappa shape index (κ3) is 5.79. The topological polar surface area (TPSA) is 106 Å². The summed E-state index contributed by atoms with van der Waals surface area (Å²) in [6.45, 7) is 1.99. The molecular weight excluding hydrogens is 510 g/mol. The zero-order valence-electron chi connectivity index (χ0n) is 19.9. The van der Waals surface area contributed by atoms with Crippen LogP contribution in [0.1, 0.15) is 5.56 Å². The maximum Gasteiger partial charge on any atom is 0.229 e. The number of halogens is 1. The van der Waals surface area contributed by atoms with Crippen molar-refractivity contribution in [2.75, 3.05) is 16.3 Å². The van der Waals surface area contributed by atoms with Gasteiger partial charge in [0.2, 0.25) is 10.0 Å². The summed E-state index contributed by atoms with van der Waals surface area (Å²) in [7, 11) is -3.51. The van der Waals surface area contributed by atoms with Crippen LogP contribution < -0.4 is 14.8 Å². The van der Waals surface area contributed by atoms with Crippen LogP contribution in [0.25, 0.3) is 22.0 Å². The second kappa shape index (κ2) is 10.0. The highest BCUT2D eigenvalue weighted by molar-refractivity contribution is 7.92. The Balaban J connectivity index is 1.46. The summed E-state index contributed by atoms with van der Waals surface area (Å²) in [6, 6.07) is 22.7. The molecule has 0 aliphatic carbocycles. The van der Waals surface area contributed by atoms with Gasteiger partial charge in [0.15, 0.2) is 5.15 Å². The van der Waals surface area contributed by atoms with Crippen molar-refractivity contribution >= 4 is 49.7 Å². The van der Waals surface area contributed by atoms with Gasteiger partial charge in [0, 0.05) is 22.8 Å². The molecule has 0 bridgehead atoms. The summed E-state index contributed by atoms with van der Waals surface area (Å²) in [6.07, 6.45) is 4.15. The van der Waals surface area contributed by atoms with Crippen LogP contribution in [0.3, 0.4) is 0 Å². The minimum Gasteiger partial charge on any atom is -0.457 e. The van der Waals surface area contributed by atoms with Gasteiger partial charge >= 0.3 is 0 Å². The fourth-order valence-corrected chi connectivity index (χ4v) is 4.57. The van der Waals surface area contributed by atoms with Crippen LogP contribution in [0.5, 0.6) is 11.5 Å². The van der Waals surface area contributed by atoms with E-state index in [0.717, 1.165) is 45.5 Å². The number of para-hydroxylation sites is 1. The highest BCUT2D eigenvalue weighted by atomic mass is 35.5. The van der Waals surface area contributed by atoms with E-state index >= 15 is 0 Å². The van der Waals surface area contributed by atoms with Crippen LogP contribution in [-0.2, 0) is 10.0 Å². The Morgan fingerprint density at radius 3 is 2.41 bits per heavy atom. The van der Waals surface area contributed by atoms with E-state index in [4.69, 9.17) is 16.3 Å². The number of aromatic nitrogens is 3. The summed E-state index contributed by atoms with van der Waals surface area (Å²) in [5.41, 5.74) is 4.30. The number of fused-ring (bicyclic) bond motifs is 1. The molecule has 8 nitrogen and oxygen atoms in total. The van der Waals surface area contributed by atoms with Crippen LogP contribution in [0.15, 0.2) is 85.3 Å². The fraction of sp³-hybridized carbons (Fsp3) is 0.0741. The van der Waals surface area contributed by atoms with Crippen molar-refractivity contribution < 1.29 is 13.2 Å². The Bertz CT molecular complexity index is 1710. The molecule has 0 saturated heterocycles. The molecule has 37 heavy (non-hydrogen) atoms. The Hall–Kier alpha value is -4.21. The first kappa shape index (κ1) is 24.5. The van der Waals surface area contributed by atoms with E-state index in [9.17, 15) is 8.42 Å². The van der Waals surface area contributed by atoms with Gasteiger partial charge in [0.05, 0.1) is 17.5 Å². The maximum absolute atomic E-state index is 11.7. The zero-order valence-corrected chi connectivity index (χ0v) is 21.5. The molecule has 5 rings (SSSR count). The largest absolute Gasteiger partial charge is 0.457 e. The van der Waals surface area contributed by atoms with Crippen LogP contribution in [-0.4, -0.2) is 29.6 Å². The molecule has 5 aromatic rings. The molecule has 0 fully saturated rings. The van der Waals surface area contributed by atoms with Gasteiger partial charge in [-0.25, -0.2) is 23.4 Å². The molecule has 0 radical (unpaired) electrons. The summed E-state index contributed by atoms with van der Waals surface area (Å²) >= 11 is 6.09. The molecule has 3 aromatic carbocycles. The van der Waals surface area contributed by atoms with E-state index in [2.05, 4.69) is 25.0 Å². The van der Waals surface area contributed by atoms with Gasteiger partial charge in [-0.3, -0.25) is 4.72 Å². The lowest BCUT2D eigenvalue weighted by molar-refractivity contribution is 0.482. The quantitative estimate of drug-likeness (QED) is 0.229. The molecule has 0 saturated carbocycles. The van der Waals surface area contributed by atoms with E-state index in [1.54, 1.807) is 12.3 Å². The van der Waals surface area contributed by atoms with Gasteiger partial charge in [-0.1, -0.05) is 35.9 Å². The van der Waals surface area contributed by atoms with E-state index in [0.29, 0.717) is 11.4 Å². The number of rotatable bonds is 7. The van der Waals surface area contributed by atoms with Crippen LogP contribution in [0.2, 0.25) is 5.15 Å². The Morgan fingerprint density at radius 1 is 0.838 bits per heavy atom. The lowest BCUT2D eigenvalue weighted by atomic mass is 10.0. The maximum atomic E-state index is 11.7. The minimum absolute atomic E-state index is 0.0656. The monoisotopic (exact) mass is 531 g/mol. The van der Waals surface area contributed by atoms with Gasteiger partial charge in [-0.05, 0) is 66.6 Å². The summed E-state index contributed by atoms with van der Waals surface area (Å²) in [4.78, 5) is 13.0. The van der Waals surface area contributed by atoms with Crippen molar-refractivity contribution in [2.45, 2.75) is 6.92 Å². The number of nitrogens with zero attached hydrogens (tertiary/aromatic N) is 3. The number of anilines is 3. The highest BCUT2D eigenvalue weighted by Gasteiger charge is 2.12. The number of hydrogen-bond acceptors (Lipinski definition) is 7. The number of nitrogens with one attached hydrogen (secondary N) is 2. The van der Waals surface area contributed by atoms with Gasteiger partial charge < -0.3 is 10.1 Å². The van der Waals surface area contributed by atoms with Crippen molar-refractivity contribution in [1.29, 1.82) is 0 Å². The summed E-state index contributed by atoms with van der Waals surface area (Å²) in [5, 5.41) is 4.26. The van der Waals surface area contributed by atoms with Crippen molar-refractivity contribution in [3.05, 3.63) is 96.0 Å². The molecule has 0 aliphatic heterocycles. The normalized spacial score (nSPS) is 11.3. The minimum atomic E-state index is -3.51. The van der Waals surface area contributed by atoms with E-state index in [1.807, 2.05) is 73.7 Å². The van der Waals surface area contributed by atoms with Crippen molar-refractivity contribution in [2.24, 2.45) is 0 Å². The van der Waals surface area contributed by atoms with Crippen molar-refractivity contribution in [3.63, 3.8) is 0 Å². The number of ether oxygens (including phenoxy) is 1. The lowest BCUT2D eigenvalue weighted by Gasteiger charge is -2.14. The Kier molecular flexibility index (Phi) is 6.64. The number of sulfonamides is 1. The van der Waals surface area contributed by atoms with Gasteiger partial charge in [-0.15, -0.1) is 0 Å². The molecule has 0 aliphatic rings. The molecule has 0 spiro atoms. The first-order valence-corrected chi connectivity index (χ1v) is 13.5. The standard InChI is InChI=1S/C27H22ClN5O3S/c1-17-12-21(36-20-6-4-3-5-7-20)9-11-23(17)32-27-22-13-18(8-10-24(22)30-16-31-27)19-14-25(26(28)29-15-19)33-37(2,34)35/h3-16,33H,1-2H3,(H,30,31,32). The van der Waals surface area contributed by atoms with Crippen molar-refractivity contribution in [1.82, 2.24) is 15.0 Å². The first-order valence-electron chi connectivity index (χ1n) is 11.2. The van der Waals surface area contributed by atoms with Crippen LogP contribution >= 0.6 is 11.6 Å². The van der Waals surface area contributed by atoms with Gasteiger partial charge in [-0.2, -0.15) is 0 Å². The lowest BCUT2D eigenvalue weighted by Crippen LogP contribution is -2.10. The van der Waals surface area contributed by atoms with Crippen LogP contribution in [0, 0.1) is 6.92 Å². The summed E-state index contributed by atoms with van der Waals surface area (Å²) < 4.78 is 31.7. The van der Waals surface area contributed by atoms with Gasteiger partial charge in [0.25, 0.3) is 0 Å². The average molecular weight is 532 g/mol. The SMILES string of the molecule is Cc1cc(Oc2ccccc2)ccc1Nc1ncnc2ccc(-c3cnc(Cl)c(NS(C)(=O)=O)c3)cc12. The molecule has 186 valence electrons. The van der Waals surface area contributed by atoms with Crippen molar-refractivity contribution in [3.8, 4) is 22.6 Å². The molecule has 2 heterocycles. The number of hydrogen-bond donors (Lipinski definition) is 2. The Labute approximate surface area is 219 Å². The van der Waals surface area contributed by atoms with E-state index < -0.39 is 10.0 Å². The number of benzene rings is 3. The molecule has 2 N–H and O–H groups in total.